The van der Waals surface area contributed by atoms with Crippen molar-refractivity contribution in [1.29, 1.82) is 0 Å². The second kappa shape index (κ2) is 6.58. The van der Waals surface area contributed by atoms with Gasteiger partial charge >= 0.3 is 6.18 Å². The Labute approximate surface area is 110 Å². The topological polar surface area (TPSA) is 52.6 Å². The van der Waals surface area contributed by atoms with Crippen LogP contribution in [0.2, 0.25) is 0 Å². The van der Waals surface area contributed by atoms with Crippen LogP contribution in [0.4, 0.5) is 13.2 Å². The minimum absolute atomic E-state index is 0. The molecule has 1 unspecified atom stereocenters. The summed E-state index contributed by atoms with van der Waals surface area (Å²) in [6, 6.07) is 0. The lowest BCUT2D eigenvalue weighted by Crippen LogP contribution is -2.58. The van der Waals surface area contributed by atoms with E-state index < -0.39 is 18.3 Å². The maximum atomic E-state index is 12.6. The molecule has 18 heavy (non-hydrogen) atoms. The molecule has 0 bridgehead atoms. The molecule has 1 atom stereocenters. The van der Waals surface area contributed by atoms with Crippen LogP contribution in [-0.2, 0) is 4.79 Å². The zero-order chi connectivity index (χ0) is 13.1. The van der Waals surface area contributed by atoms with Crippen LogP contribution in [0.1, 0.15) is 19.3 Å². The Bertz CT molecular complexity index is 289. The van der Waals surface area contributed by atoms with Crippen LogP contribution in [-0.4, -0.2) is 54.4 Å². The number of aliphatic hydroxyl groups is 1. The summed E-state index contributed by atoms with van der Waals surface area (Å²) in [6.45, 7) is 0.0414. The van der Waals surface area contributed by atoms with Gasteiger partial charge < -0.3 is 15.3 Å². The van der Waals surface area contributed by atoms with E-state index in [0.717, 1.165) is 4.90 Å². The summed E-state index contributed by atoms with van der Waals surface area (Å²) in [5.74, 6) is -0.360. The Hall–Kier alpha value is -0.530. The average Bonchev–Trinajstić information content (AvgIpc) is 2.24. The largest absolute Gasteiger partial charge is 0.418 e. The van der Waals surface area contributed by atoms with Gasteiger partial charge in [-0.05, 0) is 19.9 Å². The van der Waals surface area contributed by atoms with E-state index in [0.29, 0.717) is 6.54 Å². The number of carbonyl (C=O) groups is 1. The van der Waals surface area contributed by atoms with Gasteiger partial charge in [0.25, 0.3) is 0 Å². The van der Waals surface area contributed by atoms with Gasteiger partial charge in [0.1, 0.15) is 0 Å². The standard InChI is InChI=1S/C10H17F3N2O2.ClH/c1-14-5-3-8(16)15-6-2-4-9(17,7-15)10(11,12)13;/h14,17H,2-7H2,1H3;1H. The molecule has 1 amide bonds. The van der Waals surface area contributed by atoms with Crippen molar-refractivity contribution in [3.05, 3.63) is 0 Å². The van der Waals surface area contributed by atoms with E-state index in [9.17, 15) is 23.1 Å². The molecule has 0 aromatic carbocycles. The number of halogens is 4. The van der Waals surface area contributed by atoms with Gasteiger partial charge in [-0.25, -0.2) is 0 Å². The summed E-state index contributed by atoms with van der Waals surface area (Å²) in [5.41, 5.74) is -2.75. The molecule has 108 valence electrons. The van der Waals surface area contributed by atoms with Crippen LogP contribution in [0, 0.1) is 0 Å². The van der Waals surface area contributed by atoms with Crippen LogP contribution in [0.5, 0.6) is 0 Å². The highest BCUT2D eigenvalue weighted by atomic mass is 35.5. The Balaban J connectivity index is 0.00000289. The van der Waals surface area contributed by atoms with Gasteiger partial charge in [-0.3, -0.25) is 4.79 Å². The van der Waals surface area contributed by atoms with Crippen LogP contribution < -0.4 is 5.32 Å². The number of amides is 1. The number of piperidine rings is 1. The number of rotatable bonds is 3. The van der Waals surface area contributed by atoms with Crippen LogP contribution >= 0.6 is 12.4 Å². The number of likely N-dealkylation sites (tertiary alicyclic amines) is 1. The third-order valence-corrected chi connectivity index (χ3v) is 2.94. The molecule has 0 aromatic heterocycles. The molecule has 0 saturated carbocycles. The van der Waals surface area contributed by atoms with Crippen LogP contribution in [0.15, 0.2) is 0 Å². The summed E-state index contributed by atoms with van der Waals surface area (Å²) in [6.07, 6.45) is -4.72. The van der Waals surface area contributed by atoms with Crippen molar-refractivity contribution in [2.75, 3.05) is 26.7 Å². The molecule has 0 aliphatic carbocycles. The summed E-state index contributed by atoms with van der Waals surface area (Å²) in [4.78, 5) is 12.7. The molecule has 0 radical (unpaired) electrons. The van der Waals surface area contributed by atoms with Gasteiger partial charge in [0.15, 0.2) is 5.60 Å². The van der Waals surface area contributed by atoms with Gasteiger partial charge in [0.2, 0.25) is 5.91 Å². The molecule has 1 fully saturated rings. The zero-order valence-electron chi connectivity index (χ0n) is 10.1. The first-order valence-corrected chi connectivity index (χ1v) is 5.51. The van der Waals surface area contributed by atoms with E-state index in [2.05, 4.69) is 5.32 Å². The maximum absolute atomic E-state index is 12.6. The number of carbonyl (C=O) groups excluding carboxylic acids is 1. The lowest BCUT2D eigenvalue weighted by atomic mass is 9.92. The van der Waals surface area contributed by atoms with Gasteiger partial charge in [-0.2, -0.15) is 13.2 Å². The van der Waals surface area contributed by atoms with Crippen molar-refractivity contribution in [2.24, 2.45) is 0 Å². The van der Waals surface area contributed by atoms with E-state index in [1.807, 2.05) is 0 Å². The zero-order valence-corrected chi connectivity index (χ0v) is 10.9. The fraction of sp³-hybridized carbons (Fsp3) is 0.900. The van der Waals surface area contributed by atoms with Crippen molar-refractivity contribution in [3.8, 4) is 0 Å². The Morgan fingerprint density at radius 1 is 1.50 bits per heavy atom. The number of hydrogen-bond donors (Lipinski definition) is 2. The molecular formula is C10H18ClF3N2O2. The first-order chi connectivity index (χ1) is 7.80. The van der Waals surface area contributed by atoms with Crippen LogP contribution in [0.25, 0.3) is 0 Å². The van der Waals surface area contributed by atoms with E-state index in [-0.39, 0.29) is 44.1 Å². The number of β-amino-alcohol motifs (C(OH)–C–C–N with tert-alkyl or cyclic N) is 1. The molecule has 1 rings (SSSR count). The highest BCUT2D eigenvalue weighted by Gasteiger charge is 2.55. The predicted molar refractivity (Wildman–Crippen MR) is 62.6 cm³/mol. The third-order valence-electron chi connectivity index (χ3n) is 2.94. The van der Waals surface area contributed by atoms with Crippen molar-refractivity contribution < 1.29 is 23.1 Å². The molecule has 4 nitrogen and oxygen atoms in total. The minimum atomic E-state index is -4.69. The molecule has 2 N–H and O–H groups in total. The fourth-order valence-corrected chi connectivity index (χ4v) is 1.87. The second-order valence-corrected chi connectivity index (χ2v) is 4.30. The molecule has 1 saturated heterocycles. The third kappa shape index (κ3) is 4.00. The summed E-state index contributed by atoms with van der Waals surface area (Å²) >= 11 is 0. The molecule has 1 aliphatic heterocycles. The van der Waals surface area contributed by atoms with Crippen LogP contribution in [0.3, 0.4) is 0 Å². The lowest BCUT2D eigenvalue weighted by Gasteiger charge is -2.40. The van der Waals surface area contributed by atoms with Gasteiger partial charge in [-0.1, -0.05) is 0 Å². The van der Waals surface area contributed by atoms with E-state index in [1.54, 1.807) is 7.05 Å². The highest BCUT2D eigenvalue weighted by molar-refractivity contribution is 5.85. The van der Waals surface area contributed by atoms with Crippen molar-refractivity contribution >= 4 is 18.3 Å². The van der Waals surface area contributed by atoms with Gasteiger partial charge in [-0.15, -0.1) is 12.4 Å². The fourth-order valence-electron chi connectivity index (χ4n) is 1.87. The molecule has 1 aliphatic rings. The number of hydrogen-bond acceptors (Lipinski definition) is 3. The molecule has 0 aromatic rings. The maximum Gasteiger partial charge on any atom is 0.418 e. The van der Waals surface area contributed by atoms with Crippen molar-refractivity contribution in [1.82, 2.24) is 10.2 Å². The Kier molecular flexibility index (Phi) is 6.39. The summed E-state index contributed by atoms with van der Waals surface area (Å²) in [5, 5.41) is 12.3. The van der Waals surface area contributed by atoms with E-state index in [4.69, 9.17) is 0 Å². The normalized spacial score (nSPS) is 24.6. The first-order valence-electron chi connectivity index (χ1n) is 5.51. The van der Waals surface area contributed by atoms with Crippen molar-refractivity contribution in [3.63, 3.8) is 0 Å². The second-order valence-electron chi connectivity index (χ2n) is 4.30. The Morgan fingerprint density at radius 2 is 2.11 bits per heavy atom. The van der Waals surface area contributed by atoms with Gasteiger partial charge in [0.05, 0.1) is 6.54 Å². The first kappa shape index (κ1) is 17.5. The molecule has 8 heteroatoms. The number of nitrogens with zero attached hydrogens (tertiary/aromatic N) is 1. The predicted octanol–water partition coefficient (Wildman–Crippen LogP) is 0.933. The summed E-state index contributed by atoms with van der Waals surface area (Å²) in [7, 11) is 1.66. The Morgan fingerprint density at radius 3 is 2.61 bits per heavy atom. The SMILES string of the molecule is CNCCC(=O)N1CCCC(O)(C(F)(F)F)C1.Cl. The minimum Gasteiger partial charge on any atom is -0.379 e. The lowest BCUT2D eigenvalue weighted by molar-refractivity contribution is -0.272. The van der Waals surface area contributed by atoms with Gasteiger partial charge in [0, 0.05) is 19.5 Å². The van der Waals surface area contributed by atoms with Crippen molar-refractivity contribution in [2.45, 2.75) is 31.0 Å². The molecule has 1 heterocycles. The quantitative estimate of drug-likeness (QED) is 0.813. The smallest absolute Gasteiger partial charge is 0.379 e. The average molecular weight is 291 g/mol. The number of alkyl halides is 3. The molecular weight excluding hydrogens is 273 g/mol. The number of nitrogens with one attached hydrogen (secondary N) is 1. The van der Waals surface area contributed by atoms with E-state index in [1.165, 1.54) is 0 Å². The summed E-state index contributed by atoms with van der Waals surface area (Å²) < 4.78 is 37.8. The highest BCUT2D eigenvalue weighted by Crippen LogP contribution is 2.37. The monoisotopic (exact) mass is 290 g/mol. The molecule has 0 spiro atoms. The van der Waals surface area contributed by atoms with E-state index >= 15 is 0 Å².